The van der Waals surface area contributed by atoms with E-state index in [0.717, 1.165) is 25.2 Å². The molecule has 0 saturated carbocycles. The Morgan fingerprint density at radius 2 is 2.20 bits per heavy atom. The number of aromatic nitrogens is 2. The van der Waals surface area contributed by atoms with Crippen LogP contribution in [0.25, 0.3) is 10.9 Å². The molecule has 1 aliphatic heterocycles. The Kier molecular flexibility index (Phi) is 3.76. The highest BCUT2D eigenvalue weighted by Gasteiger charge is 2.26. The van der Waals surface area contributed by atoms with E-state index in [2.05, 4.69) is 34.3 Å². The lowest BCUT2D eigenvalue weighted by molar-refractivity contribution is 0.130. The highest BCUT2D eigenvalue weighted by atomic mass is 16.3. The molecule has 1 aliphatic rings. The van der Waals surface area contributed by atoms with Crippen LogP contribution in [-0.2, 0) is 13.6 Å². The monoisotopic (exact) mass is 273 g/mol. The van der Waals surface area contributed by atoms with Gasteiger partial charge in [-0.3, -0.25) is 9.58 Å². The molecule has 2 unspecified atom stereocenters. The van der Waals surface area contributed by atoms with Gasteiger partial charge in [-0.25, -0.2) is 0 Å². The zero-order chi connectivity index (χ0) is 14.1. The van der Waals surface area contributed by atoms with E-state index in [0.29, 0.717) is 6.04 Å². The van der Waals surface area contributed by atoms with Crippen LogP contribution in [0.5, 0.6) is 0 Å². The molecule has 1 aromatic heterocycles. The van der Waals surface area contributed by atoms with E-state index in [1.165, 1.54) is 23.7 Å². The van der Waals surface area contributed by atoms with Crippen molar-refractivity contribution in [2.45, 2.75) is 44.9 Å². The van der Waals surface area contributed by atoms with Crippen molar-refractivity contribution in [3.05, 3.63) is 30.0 Å². The van der Waals surface area contributed by atoms with E-state index in [4.69, 9.17) is 0 Å². The summed E-state index contributed by atoms with van der Waals surface area (Å²) in [5, 5.41) is 15.6. The summed E-state index contributed by atoms with van der Waals surface area (Å²) in [5.74, 6) is 0. The number of aliphatic hydroxyl groups excluding tert-OH is 1. The standard InChI is InChI=1S/C16H23N3O/c1-12(20)10-13-6-5-9-19(13)11-15-14-7-3-4-8-16(14)18(2)17-15/h3-4,7-8,12-13,20H,5-6,9-11H2,1-2H3. The number of para-hydroxylation sites is 1. The molecule has 2 aromatic rings. The second kappa shape index (κ2) is 5.54. The minimum absolute atomic E-state index is 0.221. The van der Waals surface area contributed by atoms with Gasteiger partial charge in [0, 0.05) is 25.0 Å². The fourth-order valence-electron chi connectivity index (χ4n) is 3.36. The Bertz CT molecular complexity index is 590. The summed E-state index contributed by atoms with van der Waals surface area (Å²) in [7, 11) is 2.00. The van der Waals surface area contributed by atoms with Crippen molar-refractivity contribution in [3.8, 4) is 0 Å². The van der Waals surface area contributed by atoms with Gasteiger partial charge in [0.25, 0.3) is 0 Å². The first-order valence-corrected chi connectivity index (χ1v) is 7.48. The third-order valence-corrected chi connectivity index (χ3v) is 4.30. The molecule has 1 saturated heterocycles. The third kappa shape index (κ3) is 2.58. The van der Waals surface area contributed by atoms with E-state index in [9.17, 15) is 5.11 Å². The maximum absolute atomic E-state index is 9.63. The Morgan fingerprint density at radius 3 is 3.00 bits per heavy atom. The first-order valence-electron chi connectivity index (χ1n) is 7.48. The number of aliphatic hydroxyl groups is 1. The van der Waals surface area contributed by atoms with Crippen LogP contribution in [0.1, 0.15) is 31.9 Å². The summed E-state index contributed by atoms with van der Waals surface area (Å²) in [6.07, 6.45) is 3.06. The number of fused-ring (bicyclic) bond motifs is 1. The van der Waals surface area contributed by atoms with Crippen LogP contribution in [0.3, 0.4) is 0 Å². The van der Waals surface area contributed by atoms with Crippen LogP contribution in [-0.4, -0.2) is 38.5 Å². The summed E-state index contributed by atoms with van der Waals surface area (Å²) in [6, 6.07) is 8.89. The molecule has 4 nitrogen and oxygen atoms in total. The van der Waals surface area contributed by atoms with Crippen LogP contribution in [0.2, 0.25) is 0 Å². The maximum atomic E-state index is 9.63. The van der Waals surface area contributed by atoms with E-state index >= 15 is 0 Å². The second-order valence-electron chi connectivity index (χ2n) is 5.94. The van der Waals surface area contributed by atoms with Crippen molar-refractivity contribution in [1.29, 1.82) is 0 Å². The topological polar surface area (TPSA) is 41.3 Å². The Morgan fingerprint density at radius 1 is 1.40 bits per heavy atom. The van der Waals surface area contributed by atoms with E-state index in [-0.39, 0.29) is 6.10 Å². The lowest BCUT2D eigenvalue weighted by Gasteiger charge is -2.24. The molecular formula is C16H23N3O. The molecule has 1 fully saturated rings. The summed E-state index contributed by atoms with van der Waals surface area (Å²) in [4.78, 5) is 2.47. The average molecular weight is 273 g/mol. The lowest BCUT2D eigenvalue weighted by Crippen LogP contribution is -2.31. The van der Waals surface area contributed by atoms with Crippen molar-refractivity contribution in [1.82, 2.24) is 14.7 Å². The van der Waals surface area contributed by atoms with Crippen LogP contribution in [0.15, 0.2) is 24.3 Å². The van der Waals surface area contributed by atoms with Gasteiger partial charge in [-0.1, -0.05) is 18.2 Å². The molecule has 0 spiro atoms. The molecule has 2 atom stereocenters. The van der Waals surface area contributed by atoms with E-state index < -0.39 is 0 Å². The van der Waals surface area contributed by atoms with Crippen LogP contribution < -0.4 is 0 Å². The number of benzene rings is 1. The molecule has 1 aromatic carbocycles. The van der Waals surface area contributed by atoms with E-state index in [1.54, 1.807) is 0 Å². The maximum Gasteiger partial charge on any atom is 0.0843 e. The largest absolute Gasteiger partial charge is 0.393 e. The highest BCUT2D eigenvalue weighted by Crippen LogP contribution is 2.26. The zero-order valence-corrected chi connectivity index (χ0v) is 12.3. The van der Waals surface area contributed by atoms with Gasteiger partial charge in [-0.15, -0.1) is 0 Å². The normalized spacial score (nSPS) is 21.6. The molecule has 1 N–H and O–H groups in total. The van der Waals surface area contributed by atoms with Gasteiger partial charge in [0.05, 0.1) is 17.3 Å². The zero-order valence-electron chi connectivity index (χ0n) is 12.3. The minimum Gasteiger partial charge on any atom is -0.393 e. The number of hydrogen-bond donors (Lipinski definition) is 1. The van der Waals surface area contributed by atoms with E-state index in [1.807, 2.05) is 18.7 Å². The number of aryl methyl sites for hydroxylation is 1. The van der Waals surface area contributed by atoms with Gasteiger partial charge in [-0.05, 0) is 38.8 Å². The SMILES string of the molecule is CC(O)CC1CCCN1Cc1nn(C)c2ccccc12. The van der Waals surface area contributed by atoms with Crippen molar-refractivity contribution in [3.63, 3.8) is 0 Å². The number of likely N-dealkylation sites (tertiary alicyclic amines) is 1. The average Bonchev–Trinajstić information content (AvgIpc) is 2.96. The molecule has 4 heteroatoms. The molecule has 108 valence electrons. The Hall–Kier alpha value is -1.39. The lowest BCUT2D eigenvalue weighted by atomic mass is 10.1. The van der Waals surface area contributed by atoms with Crippen molar-refractivity contribution >= 4 is 10.9 Å². The predicted octanol–water partition coefficient (Wildman–Crippen LogP) is 2.31. The Labute approximate surface area is 120 Å². The van der Waals surface area contributed by atoms with Gasteiger partial charge in [0.1, 0.15) is 0 Å². The molecule has 20 heavy (non-hydrogen) atoms. The highest BCUT2D eigenvalue weighted by molar-refractivity contribution is 5.81. The van der Waals surface area contributed by atoms with Crippen molar-refractivity contribution < 1.29 is 5.11 Å². The summed E-state index contributed by atoms with van der Waals surface area (Å²) >= 11 is 0. The molecule has 2 heterocycles. The van der Waals surface area contributed by atoms with Crippen LogP contribution >= 0.6 is 0 Å². The van der Waals surface area contributed by atoms with Gasteiger partial charge in [0.15, 0.2) is 0 Å². The second-order valence-corrected chi connectivity index (χ2v) is 5.94. The molecule has 0 aliphatic carbocycles. The number of hydrogen-bond acceptors (Lipinski definition) is 3. The fourth-order valence-corrected chi connectivity index (χ4v) is 3.36. The quantitative estimate of drug-likeness (QED) is 0.929. The van der Waals surface area contributed by atoms with Gasteiger partial charge in [0.2, 0.25) is 0 Å². The molecule has 0 radical (unpaired) electrons. The van der Waals surface area contributed by atoms with Gasteiger partial charge < -0.3 is 5.11 Å². The molecular weight excluding hydrogens is 250 g/mol. The van der Waals surface area contributed by atoms with Crippen molar-refractivity contribution in [2.24, 2.45) is 7.05 Å². The smallest absolute Gasteiger partial charge is 0.0843 e. The molecule has 0 bridgehead atoms. The Balaban J connectivity index is 1.82. The third-order valence-electron chi connectivity index (χ3n) is 4.30. The van der Waals surface area contributed by atoms with Gasteiger partial charge in [-0.2, -0.15) is 5.10 Å². The fraction of sp³-hybridized carbons (Fsp3) is 0.562. The first-order chi connectivity index (χ1) is 9.65. The molecule has 3 rings (SSSR count). The summed E-state index contributed by atoms with van der Waals surface area (Å²) in [6.45, 7) is 3.88. The van der Waals surface area contributed by atoms with Crippen molar-refractivity contribution in [2.75, 3.05) is 6.54 Å². The number of rotatable bonds is 4. The van der Waals surface area contributed by atoms with Gasteiger partial charge >= 0.3 is 0 Å². The number of nitrogens with zero attached hydrogens (tertiary/aromatic N) is 3. The predicted molar refractivity (Wildman–Crippen MR) is 80.4 cm³/mol. The van der Waals surface area contributed by atoms with Crippen LogP contribution in [0, 0.1) is 0 Å². The minimum atomic E-state index is -0.221. The van der Waals surface area contributed by atoms with Crippen LogP contribution in [0.4, 0.5) is 0 Å². The summed E-state index contributed by atoms with van der Waals surface area (Å²) < 4.78 is 1.96. The molecule has 0 amide bonds. The summed E-state index contributed by atoms with van der Waals surface area (Å²) in [5.41, 5.74) is 2.34. The first kappa shape index (κ1) is 13.6.